The van der Waals surface area contributed by atoms with Crippen molar-refractivity contribution < 1.29 is 98.1 Å². The van der Waals surface area contributed by atoms with Crippen molar-refractivity contribution in [1.29, 1.82) is 0 Å². The van der Waals surface area contributed by atoms with Crippen molar-refractivity contribution in [3.63, 3.8) is 0 Å². The number of aromatic nitrogens is 1. The Morgan fingerprint density at radius 3 is 2.09 bits per heavy atom. The molecule has 0 fully saturated rings. The minimum absolute atomic E-state index is 0. The molecule has 0 amide bonds. The summed E-state index contributed by atoms with van der Waals surface area (Å²) in [5, 5.41) is 5.00. The third kappa shape index (κ3) is 3.53. The average Bonchev–Trinajstić information content (AvgIpc) is 2.72. The molecule has 4 heteroatoms. The normalized spacial score (nSPS) is 10.1. The number of benzene rings is 3. The number of hydrogen-bond acceptors (Lipinski definition) is 0. The largest absolute Gasteiger partial charge is 0.347 e. The van der Waals surface area contributed by atoms with E-state index in [0.29, 0.717) is 0 Å². The number of nitrogens with zero attached hydrogens (tertiary/aromatic N) is 1. The third-order valence-corrected chi connectivity index (χ3v) is 4.15. The zero-order chi connectivity index (χ0) is 13.9. The van der Waals surface area contributed by atoms with Crippen molar-refractivity contribution in [2.45, 2.75) is 0 Å². The van der Waals surface area contributed by atoms with Gasteiger partial charge in [0.2, 0.25) is 0 Å². The van der Waals surface area contributed by atoms with Crippen LogP contribution in [0.25, 0.3) is 32.6 Å². The fraction of sp³-hybridized carbons (Fsp3) is 0.0526. The summed E-state index contributed by atoms with van der Waals surface area (Å²) in [6.45, 7) is 8.26. The smallest absolute Gasteiger partial charge is 0.0309 e. The van der Waals surface area contributed by atoms with Gasteiger partial charge in [0.05, 0.1) is 0 Å². The van der Waals surface area contributed by atoms with E-state index >= 15 is 0 Å². The van der Waals surface area contributed by atoms with Gasteiger partial charge < -0.3 is 4.57 Å². The summed E-state index contributed by atoms with van der Waals surface area (Å²) < 4.78 is 2.27. The maximum Gasteiger partial charge on any atom is 0.0309 e. The van der Waals surface area contributed by atoms with E-state index in [-0.39, 0.29) is 98.1 Å². The van der Waals surface area contributed by atoms with Gasteiger partial charge in [-0.05, 0) is 0 Å². The molecule has 0 aliphatic rings. The van der Waals surface area contributed by atoms with Gasteiger partial charge in [-0.2, -0.15) is 43.2 Å². The van der Waals surface area contributed by atoms with Gasteiger partial charge in [0, 0.05) is 116 Å². The van der Waals surface area contributed by atoms with Gasteiger partial charge in [-0.3, -0.25) is 0 Å². The molecule has 0 aliphatic heterocycles. The van der Waals surface area contributed by atoms with Gasteiger partial charge in [0.1, 0.15) is 0 Å². The van der Waals surface area contributed by atoms with E-state index in [4.69, 9.17) is 0 Å². The molecule has 0 bridgehead atoms. The first kappa shape index (κ1) is 21.8. The molecule has 0 atom stereocenters. The standard InChI is InChI=1S/C19H15N.3Y/c1-12-8-9-18-16(10-12)17-11-13(2)14-6-4-5-7-15(14)19(17)20(18)3;;;/h4-11H,1-2H2,3H3;;;/q-2;;;. The van der Waals surface area contributed by atoms with Gasteiger partial charge in [-0.25, -0.2) is 0 Å². The molecule has 23 heavy (non-hydrogen) atoms. The molecule has 0 aliphatic carbocycles. The Hall–Kier alpha value is 0.772. The van der Waals surface area contributed by atoms with Crippen LogP contribution in [-0.2, 0) is 105 Å². The molecule has 0 N–H and O–H groups in total. The monoisotopic (exact) mass is 524 g/mol. The first-order valence-corrected chi connectivity index (χ1v) is 6.74. The molecule has 3 aromatic carbocycles. The van der Waals surface area contributed by atoms with Crippen molar-refractivity contribution in [3.05, 3.63) is 73.5 Å². The van der Waals surface area contributed by atoms with Gasteiger partial charge in [0.25, 0.3) is 0 Å². The van der Waals surface area contributed by atoms with Crippen LogP contribution in [-0.4, -0.2) is 4.57 Å². The van der Waals surface area contributed by atoms with E-state index in [1.165, 1.54) is 32.6 Å². The molecule has 1 aromatic heterocycles. The SMILES string of the molecule is [CH2-]c1ccc2c(c1)c1cc([CH2-])c3ccccc3c1n2C.[Y].[Y].[Y]. The summed E-state index contributed by atoms with van der Waals surface area (Å²) in [6.07, 6.45) is 0. The van der Waals surface area contributed by atoms with Gasteiger partial charge in [0.15, 0.2) is 0 Å². The maximum atomic E-state index is 4.21. The minimum Gasteiger partial charge on any atom is -0.347 e. The predicted molar refractivity (Wildman–Crippen MR) is 86.8 cm³/mol. The molecule has 4 rings (SSSR count). The predicted octanol–water partition coefficient (Wildman–Crippen LogP) is 4.84. The maximum absolute atomic E-state index is 4.21. The van der Waals surface area contributed by atoms with E-state index in [2.05, 4.69) is 74.0 Å². The van der Waals surface area contributed by atoms with E-state index in [1.807, 2.05) is 0 Å². The second-order valence-electron chi connectivity index (χ2n) is 5.39. The van der Waals surface area contributed by atoms with Crippen LogP contribution >= 0.6 is 0 Å². The molecule has 0 unspecified atom stereocenters. The zero-order valence-corrected chi connectivity index (χ0v) is 21.7. The summed E-state index contributed by atoms with van der Waals surface area (Å²) in [5.41, 5.74) is 4.63. The van der Waals surface area contributed by atoms with Crippen molar-refractivity contribution in [1.82, 2.24) is 4.57 Å². The van der Waals surface area contributed by atoms with Gasteiger partial charge in [-0.15, -0.1) is 11.5 Å². The second-order valence-corrected chi connectivity index (χ2v) is 5.39. The van der Waals surface area contributed by atoms with Crippen molar-refractivity contribution in [2.24, 2.45) is 7.05 Å². The Kier molecular flexibility index (Phi) is 8.00. The van der Waals surface area contributed by atoms with Crippen LogP contribution in [0.5, 0.6) is 0 Å². The summed E-state index contributed by atoms with van der Waals surface area (Å²) in [4.78, 5) is 0. The van der Waals surface area contributed by atoms with Crippen LogP contribution in [0.1, 0.15) is 11.1 Å². The molecule has 0 saturated heterocycles. The Morgan fingerprint density at radius 2 is 1.39 bits per heavy atom. The number of hydrogen-bond donors (Lipinski definition) is 0. The molecule has 107 valence electrons. The molecule has 4 aromatic rings. The number of rotatable bonds is 0. The Labute approximate surface area is 212 Å². The second kappa shape index (κ2) is 8.44. The fourth-order valence-corrected chi connectivity index (χ4v) is 3.21. The first-order chi connectivity index (χ1) is 9.66. The van der Waals surface area contributed by atoms with E-state index in [0.717, 1.165) is 11.1 Å². The zero-order valence-electron chi connectivity index (χ0n) is 13.2. The quantitative estimate of drug-likeness (QED) is 0.291. The summed E-state index contributed by atoms with van der Waals surface area (Å²) in [6, 6.07) is 17.0. The Balaban J connectivity index is 0.000000882. The fourth-order valence-electron chi connectivity index (χ4n) is 3.21. The van der Waals surface area contributed by atoms with Crippen LogP contribution in [0, 0.1) is 13.8 Å². The summed E-state index contributed by atoms with van der Waals surface area (Å²) >= 11 is 0. The Bertz CT molecular complexity index is 986. The minimum atomic E-state index is 0. The van der Waals surface area contributed by atoms with Crippen LogP contribution in [0.3, 0.4) is 0 Å². The van der Waals surface area contributed by atoms with E-state index in [1.54, 1.807) is 0 Å². The molecule has 0 spiro atoms. The molecule has 3 radical (unpaired) electrons. The first-order valence-electron chi connectivity index (χ1n) is 6.74. The third-order valence-electron chi connectivity index (χ3n) is 4.15. The average molecular weight is 524 g/mol. The Morgan fingerprint density at radius 1 is 0.739 bits per heavy atom. The van der Waals surface area contributed by atoms with Crippen LogP contribution in [0.2, 0.25) is 0 Å². The van der Waals surface area contributed by atoms with Crippen molar-refractivity contribution in [2.75, 3.05) is 0 Å². The van der Waals surface area contributed by atoms with Crippen molar-refractivity contribution in [3.8, 4) is 0 Å². The van der Waals surface area contributed by atoms with Crippen LogP contribution in [0.4, 0.5) is 0 Å². The number of fused-ring (bicyclic) bond motifs is 5. The van der Waals surface area contributed by atoms with E-state index in [9.17, 15) is 0 Å². The molecule has 0 saturated carbocycles. The van der Waals surface area contributed by atoms with Crippen molar-refractivity contribution >= 4 is 32.6 Å². The van der Waals surface area contributed by atoms with E-state index < -0.39 is 0 Å². The summed E-state index contributed by atoms with van der Waals surface area (Å²) in [7, 11) is 2.13. The van der Waals surface area contributed by atoms with Gasteiger partial charge in [-0.1, -0.05) is 40.4 Å². The topological polar surface area (TPSA) is 4.93 Å². The van der Waals surface area contributed by atoms with Crippen LogP contribution in [0.15, 0.2) is 48.5 Å². The van der Waals surface area contributed by atoms with Crippen LogP contribution < -0.4 is 0 Å². The molecule has 1 heterocycles. The summed E-state index contributed by atoms with van der Waals surface area (Å²) in [5.74, 6) is 0. The van der Waals surface area contributed by atoms with Gasteiger partial charge >= 0.3 is 0 Å². The number of aryl methyl sites for hydroxylation is 1. The molecule has 1 nitrogen and oxygen atoms in total. The molecular weight excluding hydrogens is 509 g/mol. The molecular formula is C19H15NY3-2.